The number of hydrogen-bond donors (Lipinski definition) is 0. The summed E-state index contributed by atoms with van der Waals surface area (Å²) in [6.45, 7) is 0. The van der Waals surface area contributed by atoms with Gasteiger partial charge in [0, 0.05) is 0 Å². The molecule has 0 aliphatic heterocycles. The molecule has 2 unspecified atom stereocenters. The molecule has 3 rings (SSSR count). The second kappa shape index (κ2) is 6.08. The Labute approximate surface area is 129 Å². The normalized spacial score (nSPS) is 29.8. The van der Waals surface area contributed by atoms with Crippen LogP contribution in [0.15, 0.2) is 69.4 Å². The summed E-state index contributed by atoms with van der Waals surface area (Å²) >= 11 is 2.49. The van der Waals surface area contributed by atoms with E-state index in [-0.39, 0.29) is 0 Å². The Morgan fingerprint density at radius 2 is 2.00 bits per heavy atom. The van der Waals surface area contributed by atoms with Crippen molar-refractivity contribution in [2.75, 3.05) is 0 Å². The minimum Gasteiger partial charge on any atom is -0.0839 e. The van der Waals surface area contributed by atoms with Crippen molar-refractivity contribution < 1.29 is 0 Å². The Kier molecular flexibility index (Phi) is 4.21. The number of allylic oxidation sites excluding steroid dienone is 12. The number of hydrogen-bond acceptors (Lipinski definition) is 0. The van der Waals surface area contributed by atoms with Gasteiger partial charge >= 0.3 is 0 Å². The maximum Gasteiger partial charge on any atom is -0.00452 e. The molecule has 0 bridgehead atoms. The lowest BCUT2D eigenvalue weighted by atomic mass is 9.75. The van der Waals surface area contributed by atoms with Crippen molar-refractivity contribution in [2.45, 2.75) is 25.7 Å². The van der Waals surface area contributed by atoms with Crippen molar-refractivity contribution in [3.8, 4) is 0 Å². The van der Waals surface area contributed by atoms with E-state index in [2.05, 4.69) is 77.3 Å². The van der Waals surface area contributed by atoms with Gasteiger partial charge in [-0.2, -0.15) is 0 Å². The van der Waals surface area contributed by atoms with Crippen LogP contribution in [0.4, 0.5) is 0 Å². The van der Waals surface area contributed by atoms with Gasteiger partial charge in [0.1, 0.15) is 0 Å². The minimum absolute atomic E-state index is 0.645. The van der Waals surface area contributed by atoms with Crippen LogP contribution < -0.4 is 0 Å². The highest BCUT2D eigenvalue weighted by Gasteiger charge is 2.27. The van der Waals surface area contributed by atoms with Crippen LogP contribution in [-0.4, -0.2) is 0 Å². The van der Waals surface area contributed by atoms with E-state index < -0.39 is 0 Å². The molecule has 19 heavy (non-hydrogen) atoms. The predicted octanol–water partition coefficient (Wildman–Crippen LogP) is 5.66. The molecule has 0 saturated heterocycles. The lowest BCUT2D eigenvalue weighted by Crippen LogP contribution is -2.19. The highest BCUT2D eigenvalue weighted by atomic mass is 127. The Bertz CT molecular complexity index is 526. The van der Waals surface area contributed by atoms with E-state index in [4.69, 9.17) is 0 Å². The SMILES string of the molecule is IC1=CC=C(C2=CCCC=C2)C(C2C=CC=CC2)C1. The average Bonchev–Trinajstić information content (AvgIpc) is 2.49. The van der Waals surface area contributed by atoms with Crippen molar-refractivity contribution in [1.29, 1.82) is 0 Å². The lowest BCUT2D eigenvalue weighted by Gasteiger charge is -2.31. The van der Waals surface area contributed by atoms with E-state index >= 15 is 0 Å². The number of rotatable bonds is 2. The van der Waals surface area contributed by atoms with E-state index in [1.807, 2.05) is 0 Å². The van der Waals surface area contributed by atoms with Crippen LogP contribution in [0.25, 0.3) is 0 Å². The number of halogens is 1. The summed E-state index contributed by atoms with van der Waals surface area (Å²) in [6.07, 6.45) is 25.5. The zero-order chi connectivity index (χ0) is 13.1. The highest BCUT2D eigenvalue weighted by molar-refractivity contribution is 14.1. The Morgan fingerprint density at radius 3 is 2.74 bits per heavy atom. The van der Waals surface area contributed by atoms with Crippen LogP contribution >= 0.6 is 22.6 Å². The maximum atomic E-state index is 2.49. The maximum absolute atomic E-state index is 2.49. The zero-order valence-corrected chi connectivity index (χ0v) is 13.2. The first-order valence-electron chi connectivity index (χ1n) is 7.11. The van der Waals surface area contributed by atoms with Gasteiger partial charge in [0.05, 0.1) is 0 Å². The summed E-state index contributed by atoms with van der Waals surface area (Å²) in [4.78, 5) is 0. The van der Waals surface area contributed by atoms with E-state index in [1.165, 1.54) is 34.8 Å². The molecular formula is C18H19I. The fourth-order valence-electron chi connectivity index (χ4n) is 3.11. The molecule has 0 N–H and O–H groups in total. The van der Waals surface area contributed by atoms with Crippen LogP contribution in [0.2, 0.25) is 0 Å². The third-order valence-electron chi connectivity index (χ3n) is 4.12. The largest absolute Gasteiger partial charge is 0.0839 e. The predicted molar refractivity (Wildman–Crippen MR) is 91.1 cm³/mol. The van der Waals surface area contributed by atoms with Crippen LogP contribution in [0.3, 0.4) is 0 Å². The van der Waals surface area contributed by atoms with Gasteiger partial charge in [-0.25, -0.2) is 0 Å². The van der Waals surface area contributed by atoms with E-state index in [0.29, 0.717) is 11.8 Å². The molecule has 0 heterocycles. The molecule has 2 atom stereocenters. The molecule has 0 nitrogen and oxygen atoms in total. The van der Waals surface area contributed by atoms with Gasteiger partial charge in [0.2, 0.25) is 0 Å². The summed E-state index contributed by atoms with van der Waals surface area (Å²) in [5.74, 6) is 1.30. The van der Waals surface area contributed by atoms with Crippen LogP contribution in [0, 0.1) is 11.8 Å². The van der Waals surface area contributed by atoms with Gasteiger partial charge in [0.25, 0.3) is 0 Å². The van der Waals surface area contributed by atoms with E-state index in [1.54, 1.807) is 5.57 Å². The Balaban J connectivity index is 1.89. The van der Waals surface area contributed by atoms with Gasteiger partial charge in [-0.05, 0) is 74.8 Å². The lowest BCUT2D eigenvalue weighted by molar-refractivity contribution is 0.457. The quantitative estimate of drug-likeness (QED) is 0.556. The van der Waals surface area contributed by atoms with Crippen molar-refractivity contribution in [2.24, 2.45) is 11.8 Å². The van der Waals surface area contributed by atoms with Crippen LogP contribution in [0.1, 0.15) is 25.7 Å². The van der Waals surface area contributed by atoms with Gasteiger partial charge in [-0.3, -0.25) is 0 Å². The molecule has 1 heteroatoms. The first-order chi connectivity index (χ1) is 9.34. The average molecular weight is 362 g/mol. The molecule has 0 spiro atoms. The van der Waals surface area contributed by atoms with E-state index in [0.717, 1.165) is 0 Å². The summed E-state index contributed by atoms with van der Waals surface area (Å²) in [7, 11) is 0. The second-order valence-corrected chi connectivity index (χ2v) is 6.78. The van der Waals surface area contributed by atoms with Crippen molar-refractivity contribution in [3.63, 3.8) is 0 Å². The van der Waals surface area contributed by atoms with Crippen molar-refractivity contribution in [3.05, 3.63) is 69.4 Å². The Morgan fingerprint density at radius 1 is 1.05 bits per heavy atom. The molecule has 0 aromatic heterocycles. The first kappa shape index (κ1) is 13.2. The first-order valence-corrected chi connectivity index (χ1v) is 8.19. The van der Waals surface area contributed by atoms with Crippen LogP contribution in [0.5, 0.6) is 0 Å². The van der Waals surface area contributed by atoms with E-state index in [9.17, 15) is 0 Å². The fraction of sp³-hybridized carbons (Fsp3) is 0.333. The second-order valence-electron chi connectivity index (χ2n) is 5.40. The zero-order valence-electron chi connectivity index (χ0n) is 11.1. The standard InChI is InChI=1S/C18H19I/c19-16-11-12-17(14-7-3-1-4-8-14)18(13-16)15-9-5-2-6-10-15/h2-3,5-9,11-12,15,18H,1,4,10,13H2. The molecule has 0 amide bonds. The monoisotopic (exact) mass is 362 g/mol. The topological polar surface area (TPSA) is 0 Å². The molecule has 0 radical (unpaired) electrons. The molecule has 0 aromatic rings. The van der Waals surface area contributed by atoms with Gasteiger partial charge in [-0.1, -0.05) is 54.7 Å². The third-order valence-corrected chi connectivity index (χ3v) is 4.92. The molecule has 3 aliphatic carbocycles. The summed E-state index contributed by atoms with van der Waals surface area (Å²) in [5.41, 5.74) is 3.00. The Hall–Kier alpha value is -0.830. The summed E-state index contributed by atoms with van der Waals surface area (Å²) in [5, 5.41) is 0. The van der Waals surface area contributed by atoms with Crippen molar-refractivity contribution >= 4 is 22.6 Å². The third kappa shape index (κ3) is 3.02. The van der Waals surface area contributed by atoms with Crippen LogP contribution in [-0.2, 0) is 0 Å². The highest BCUT2D eigenvalue weighted by Crippen LogP contribution is 2.41. The summed E-state index contributed by atoms with van der Waals surface area (Å²) < 4.78 is 1.48. The molecule has 0 fully saturated rings. The molecule has 3 aliphatic rings. The molecule has 0 aromatic carbocycles. The smallest absolute Gasteiger partial charge is 0.00452 e. The van der Waals surface area contributed by atoms with Gasteiger partial charge in [-0.15, -0.1) is 0 Å². The fourth-order valence-corrected chi connectivity index (χ4v) is 3.76. The summed E-state index contributed by atoms with van der Waals surface area (Å²) in [6, 6.07) is 0. The van der Waals surface area contributed by atoms with Gasteiger partial charge in [0.15, 0.2) is 0 Å². The minimum atomic E-state index is 0.645. The molecular weight excluding hydrogens is 343 g/mol. The molecule has 0 saturated carbocycles. The molecule has 98 valence electrons. The van der Waals surface area contributed by atoms with Crippen molar-refractivity contribution in [1.82, 2.24) is 0 Å². The van der Waals surface area contributed by atoms with Gasteiger partial charge < -0.3 is 0 Å².